The van der Waals surface area contributed by atoms with Gasteiger partial charge in [-0.25, -0.2) is 0 Å². The highest BCUT2D eigenvalue weighted by Crippen LogP contribution is 2.28. The van der Waals surface area contributed by atoms with Crippen LogP contribution >= 0.6 is 0 Å². The van der Waals surface area contributed by atoms with Crippen LogP contribution in [0.4, 0.5) is 0 Å². The van der Waals surface area contributed by atoms with Gasteiger partial charge in [0.05, 0.1) is 7.11 Å². The molecule has 1 saturated heterocycles. The van der Waals surface area contributed by atoms with Crippen molar-refractivity contribution < 1.29 is 19.1 Å². The largest absolute Gasteiger partial charge is 0.493 e. The number of amides is 2. The van der Waals surface area contributed by atoms with Gasteiger partial charge in [0.2, 0.25) is 5.91 Å². The second-order valence-electron chi connectivity index (χ2n) is 5.67. The molecule has 0 aromatic heterocycles. The zero-order valence-electron chi connectivity index (χ0n) is 13.7. The number of rotatable bonds is 6. The Kier molecular flexibility index (Phi) is 5.84. The zero-order valence-corrected chi connectivity index (χ0v) is 13.7. The number of nitrogens with zero attached hydrogens (tertiary/aromatic N) is 1. The first kappa shape index (κ1) is 17.1. The minimum atomic E-state index is -0.559. The Morgan fingerprint density at radius 3 is 2.39 bits per heavy atom. The van der Waals surface area contributed by atoms with Gasteiger partial charge in [0, 0.05) is 19.0 Å². The summed E-state index contributed by atoms with van der Waals surface area (Å²) in [5.74, 6) is 0.693. The lowest BCUT2D eigenvalue weighted by Gasteiger charge is -2.33. The first-order valence-corrected chi connectivity index (χ1v) is 7.94. The molecule has 126 valence electrons. The van der Waals surface area contributed by atoms with Gasteiger partial charge in [0.15, 0.2) is 17.6 Å². The molecule has 0 radical (unpaired) electrons. The maximum atomic E-state index is 12.7. The summed E-state index contributed by atoms with van der Waals surface area (Å²) >= 11 is 0. The van der Waals surface area contributed by atoms with Gasteiger partial charge >= 0.3 is 0 Å². The van der Waals surface area contributed by atoms with E-state index in [4.69, 9.17) is 15.2 Å². The highest BCUT2D eigenvalue weighted by molar-refractivity contribution is 5.82. The second-order valence-corrected chi connectivity index (χ2v) is 5.67. The number of primary amides is 1. The molecule has 2 N–H and O–H groups in total. The molecule has 1 aromatic rings. The predicted molar refractivity (Wildman–Crippen MR) is 86.2 cm³/mol. The van der Waals surface area contributed by atoms with E-state index in [1.165, 1.54) is 0 Å². The monoisotopic (exact) mass is 320 g/mol. The lowest BCUT2D eigenvalue weighted by Crippen LogP contribution is -2.47. The molecule has 2 amide bonds. The summed E-state index contributed by atoms with van der Waals surface area (Å²) in [6.45, 7) is 2.99. The van der Waals surface area contributed by atoms with Crippen LogP contribution in [0.25, 0.3) is 0 Å². The van der Waals surface area contributed by atoms with Gasteiger partial charge in [0.25, 0.3) is 5.91 Å². The molecule has 2 rings (SSSR count). The number of carbonyl (C=O) groups excluding carboxylic acids is 2. The molecule has 0 spiro atoms. The van der Waals surface area contributed by atoms with Crippen LogP contribution in [0.1, 0.15) is 26.2 Å². The third kappa shape index (κ3) is 4.15. The number of nitrogens with two attached hydrogens (primary N) is 1. The fourth-order valence-corrected chi connectivity index (χ4v) is 2.77. The number of benzene rings is 1. The number of carbonyl (C=O) groups is 2. The number of hydrogen-bond acceptors (Lipinski definition) is 4. The van der Waals surface area contributed by atoms with Crippen molar-refractivity contribution >= 4 is 11.8 Å². The molecular formula is C17H24N2O4. The van der Waals surface area contributed by atoms with Crippen molar-refractivity contribution in [2.75, 3.05) is 20.2 Å². The Morgan fingerprint density at radius 2 is 1.87 bits per heavy atom. The molecule has 6 nitrogen and oxygen atoms in total. The van der Waals surface area contributed by atoms with Crippen LogP contribution < -0.4 is 15.2 Å². The standard InChI is InChI=1S/C17H24N2O4/c1-3-13(23-15-7-5-4-6-14(15)22-2)17(21)19-10-8-12(9-11-19)16(18)20/h4-7,12-13H,3,8-11H2,1-2H3,(H2,18,20)/t13-/m0/s1. The number of hydrogen-bond donors (Lipinski definition) is 1. The van der Waals surface area contributed by atoms with Crippen molar-refractivity contribution in [3.05, 3.63) is 24.3 Å². The molecule has 1 fully saturated rings. The first-order chi connectivity index (χ1) is 11.1. The molecule has 1 aromatic carbocycles. The predicted octanol–water partition coefficient (Wildman–Crippen LogP) is 1.58. The van der Waals surface area contributed by atoms with E-state index < -0.39 is 6.10 Å². The van der Waals surface area contributed by atoms with E-state index in [1.54, 1.807) is 24.1 Å². The fourth-order valence-electron chi connectivity index (χ4n) is 2.77. The lowest BCUT2D eigenvalue weighted by molar-refractivity contribution is -0.141. The Hall–Kier alpha value is -2.24. The smallest absolute Gasteiger partial charge is 0.263 e. The summed E-state index contributed by atoms with van der Waals surface area (Å²) < 4.78 is 11.1. The van der Waals surface area contributed by atoms with Crippen LogP contribution in [0.15, 0.2) is 24.3 Å². The van der Waals surface area contributed by atoms with Gasteiger partial charge in [-0.3, -0.25) is 9.59 Å². The molecule has 0 unspecified atom stereocenters. The van der Waals surface area contributed by atoms with Crippen LogP contribution in [0, 0.1) is 5.92 Å². The summed E-state index contributed by atoms with van der Waals surface area (Å²) in [6, 6.07) is 7.27. The quantitative estimate of drug-likeness (QED) is 0.862. The summed E-state index contributed by atoms with van der Waals surface area (Å²) in [6.07, 6.45) is 1.24. The number of para-hydroxylation sites is 2. The maximum absolute atomic E-state index is 12.7. The van der Waals surface area contributed by atoms with Crippen LogP contribution in [-0.2, 0) is 9.59 Å². The SMILES string of the molecule is CC[C@H](Oc1ccccc1OC)C(=O)N1CCC(C(N)=O)CC1. The Labute approximate surface area is 136 Å². The molecule has 1 aliphatic heterocycles. The number of likely N-dealkylation sites (tertiary alicyclic amines) is 1. The van der Waals surface area contributed by atoms with Gasteiger partial charge < -0.3 is 20.1 Å². The Bertz CT molecular complexity index is 553. The molecular weight excluding hydrogens is 296 g/mol. The molecule has 0 bridgehead atoms. The van der Waals surface area contributed by atoms with Crippen LogP contribution in [0.2, 0.25) is 0 Å². The van der Waals surface area contributed by atoms with E-state index >= 15 is 0 Å². The minimum Gasteiger partial charge on any atom is -0.493 e. The molecule has 0 saturated carbocycles. The first-order valence-electron chi connectivity index (χ1n) is 7.94. The number of ether oxygens (including phenoxy) is 2. The van der Waals surface area contributed by atoms with Crippen molar-refractivity contribution in [3.63, 3.8) is 0 Å². The second kappa shape index (κ2) is 7.85. The van der Waals surface area contributed by atoms with Crippen molar-refractivity contribution in [1.29, 1.82) is 0 Å². The molecule has 1 heterocycles. The van der Waals surface area contributed by atoms with Crippen LogP contribution in [0.5, 0.6) is 11.5 Å². The van der Waals surface area contributed by atoms with E-state index in [9.17, 15) is 9.59 Å². The van der Waals surface area contributed by atoms with Crippen molar-refractivity contribution in [2.24, 2.45) is 11.7 Å². The normalized spacial score (nSPS) is 16.7. The van der Waals surface area contributed by atoms with Gasteiger partial charge in [-0.2, -0.15) is 0 Å². The van der Waals surface area contributed by atoms with Gasteiger partial charge in [0.1, 0.15) is 0 Å². The van der Waals surface area contributed by atoms with Crippen LogP contribution in [0.3, 0.4) is 0 Å². The molecule has 0 aliphatic carbocycles. The van der Waals surface area contributed by atoms with E-state index in [2.05, 4.69) is 0 Å². The Morgan fingerprint density at radius 1 is 1.26 bits per heavy atom. The van der Waals surface area contributed by atoms with Crippen molar-refractivity contribution in [3.8, 4) is 11.5 Å². The summed E-state index contributed by atoms with van der Waals surface area (Å²) in [7, 11) is 1.57. The third-order valence-corrected chi connectivity index (χ3v) is 4.19. The van der Waals surface area contributed by atoms with E-state index in [-0.39, 0.29) is 17.7 Å². The minimum absolute atomic E-state index is 0.0543. The van der Waals surface area contributed by atoms with Gasteiger partial charge in [-0.05, 0) is 31.4 Å². The lowest BCUT2D eigenvalue weighted by atomic mass is 9.96. The van der Waals surface area contributed by atoms with Crippen molar-refractivity contribution in [1.82, 2.24) is 4.90 Å². The molecule has 23 heavy (non-hydrogen) atoms. The van der Waals surface area contributed by atoms with Gasteiger partial charge in [-0.15, -0.1) is 0 Å². The highest BCUT2D eigenvalue weighted by Gasteiger charge is 2.30. The average Bonchev–Trinajstić information content (AvgIpc) is 2.59. The van der Waals surface area contributed by atoms with Crippen molar-refractivity contribution in [2.45, 2.75) is 32.3 Å². The third-order valence-electron chi connectivity index (χ3n) is 4.19. The van der Waals surface area contributed by atoms with Gasteiger partial charge in [-0.1, -0.05) is 19.1 Å². The zero-order chi connectivity index (χ0) is 16.8. The molecule has 1 aliphatic rings. The number of piperidine rings is 1. The Balaban J connectivity index is 2.00. The van der Waals surface area contributed by atoms with Crippen LogP contribution in [-0.4, -0.2) is 43.0 Å². The summed E-state index contributed by atoms with van der Waals surface area (Å²) in [5, 5.41) is 0. The molecule has 1 atom stereocenters. The topological polar surface area (TPSA) is 81.9 Å². The summed E-state index contributed by atoms with van der Waals surface area (Å²) in [5.41, 5.74) is 5.33. The van der Waals surface area contributed by atoms with E-state index in [0.29, 0.717) is 43.9 Å². The van der Waals surface area contributed by atoms with E-state index in [0.717, 1.165) is 0 Å². The summed E-state index contributed by atoms with van der Waals surface area (Å²) in [4.78, 5) is 25.6. The molecule has 6 heteroatoms. The average molecular weight is 320 g/mol. The maximum Gasteiger partial charge on any atom is 0.263 e. The highest BCUT2D eigenvalue weighted by atomic mass is 16.5. The van der Waals surface area contributed by atoms with E-state index in [1.807, 2.05) is 19.1 Å². The fraction of sp³-hybridized carbons (Fsp3) is 0.529. The number of methoxy groups -OCH3 is 1.